The summed E-state index contributed by atoms with van der Waals surface area (Å²) in [5.41, 5.74) is 11.8. The second kappa shape index (κ2) is 16.6. The van der Waals surface area contributed by atoms with Gasteiger partial charge in [0.15, 0.2) is 0 Å². The molecule has 1 aliphatic rings. The summed E-state index contributed by atoms with van der Waals surface area (Å²) in [6.45, 7) is 18.0. The zero-order valence-corrected chi connectivity index (χ0v) is 34.9. The number of hydrogen-bond donors (Lipinski definition) is 0. The molecule has 1 unspecified atom stereocenters. The van der Waals surface area contributed by atoms with Crippen molar-refractivity contribution < 1.29 is 24.5 Å². The van der Waals surface area contributed by atoms with E-state index in [9.17, 15) is 0 Å². The Morgan fingerprint density at radius 3 is 1.98 bits per heavy atom. The normalized spacial score (nSPS) is 13.9. The van der Waals surface area contributed by atoms with Crippen LogP contribution in [-0.2, 0) is 20.1 Å². The van der Waals surface area contributed by atoms with E-state index in [2.05, 4.69) is 149 Å². The number of para-hydroxylation sites is 2. The predicted molar refractivity (Wildman–Crippen MR) is 221 cm³/mol. The number of fused-ring (bicyclic) bond motifs is 3. The fourth-order valence-electron chi connectivity index (χ4n) is 7.51. The van der Waals surface area contributed by atoms with Crippen molar-refractivity contribution in [3.05, 3.63) is 167 Å². The molecule has 3 heterocycles. The average molecular weight is 890 g/mol. The topological polar surface area (TPSA) is 48.3 Å². The van der Waals surface area contributed by atoms with Crippen LogP contribution in [0.3, 0.4) is 0 Å². The minimum Gasteiger partial charge on any atom is -0.668 e. The van der Waals surface area contributed by atoms with E-state index in [1.807, 2.05) is 54.9 Å². The SMILES string of the molecule is CC(C)c1cc2c(oc3ccccc32)c(C(C)C)c1N1C=C[N-]C1c1[c-]cccc1.CC(C)c1cccc(C(C)C)c1-n1ccnc1-c1[c-]cccc1.[Ir+3]. The van der Waals surface area contributed by atoms with E-state index in [1.165, 1.54) is 44.4 Å². The van der Waals surface area contributed by atoms with Crippen molar-refractivity contribution >= 4 is 27.6 Å². The Labute approximate surface area is 334 Å². The van der Waals surface area contributed by atoms with Crippen molar-refractivity contribution in [2.75, 3.05) is 4.90 Å². The molecular weight excluding hydrogens is 841 g/mol. The molecule has 54 heavy (non-hydrogen) atoms. The molecule has 1 aliphatic heterocycles. The molecular formula is C48H49IrN4O. The first-order valence-electron chi connectivity index (χ1n) is 18.9. The first kappa shape index (κ1) is 38.8. The summed E-state index contributed by atoms with van der Waals surface area (Å²) >= 11 is 0. The molecule has 0 saturated heterocycles. The van der Waals surface area contributed by atoms with Gasteiger partial charge in [0.2, 0.25) is 0 Å². The quantitative estimate of drug-likeness (QED) is 0.143. The molecule has 276 valence electrons. The van der Waals surface area contributed by atoms with Gasteiger partial charge < -0.3 is 19.2 Å². The molecule has 0 N–H and O–H groups in total. The van der Waals surface area contributed by atoms with E-state index in [0.29, 0.717) is 23.7 Å². The number of furan rings is 1. The zero-order chi connectivity index (χ0) is 37.2. The van der Waals surface area contributed by atoms with Gasteiger partial charge in [-0.2, -0.15) is 42.1 Å². The maximum Gasteiger partial charge on any atom is 3.00 e. The van der Waals surface area contributed by atoms with E-state index in [4.69, 9.17) is 9.73 Å². The van der Waals surface area contributed by atoms with Crippen LogP contribution in [0.25, 0.3) is 44.3 Å². The van der Waals surface area contributed by atoms with Gasteiger partial charge in [-0.05, 0) is 64.9 Å². The molecule has 0 amide bonds. The number of hydrogen-bond acceptors (Lipinski definition) is 3. The molecule has 0 bridgehead atoms. The van der Waals surface area contributed by atoms with Gasteiger partial charge in [0.05, 0.1) is 11.5 Å². The molecule has 0 spiro atoms. The van der Waals surface area contributed by atoms with Crippen LogP contribution >= 0.6 is 0 Å². The Morgan fingerprint density at radius 1 is 0.685 bits per heavy atom. The molecule has 5 nitrogen and oxygen atoms in total. The van der Waals surface area contributed by atoms with Crippen molar-refractivity contribution in [2.45, 2.75) is 85.2 Å². The molecule has 2 aromatic heterocycles. The summed E-state index contributed by atoms with van der Waals surface area (Å²) in [7, 11) is 0. The third-order valence-electron chi connectivity index (χ3n) is 10.1. The maximum absolute atomic E-state index is 6.43. The van der Waals surface area contributed by atoms with Crippen molar-refractivity contribution in [3.63, 3.8) is 0 Å². The zero-order valence-electron chi connectivity index (χ0n) is 32.5. The third kappa shape index (κ3) is 7.43. The van der Waals surface area contributed by atoms with Gasteiger partial charge in [-0.25, -0.2) is 0 Å². The molecule has 0 radical (unpaired) electrons. The van der Waals surface area contributed by atoms with E-state index >= 15 is 0 Å². The van der Waals surface area contributed by atoms with Gasteiger partial charge in [-0.15, -0.1) is 35.9 Å². The summed E-state index contributed by atoms with van der Waals surface area (Å²) in [6.07, 6.45) is 7.82. The molecule has 0 saturated carbocycles. The fraction of sp³-hybridized carbons (Fsp3) is 0.271. The summed E-state index contributed by atoms with van der Waals surface area (Å²) in [4.78, 5) is 6.89. The fourth-order valence-corrected chi connectivity index (χ4v) is 7.51. The van der Waals surface area contributed by atoms with Crippen LogP contribution in [0, 0.1) is 12.1 Å². The number of anilines is 1. The van der Waals surface area contributed by atoms with Gasteiger partial charge in [0.25, 0.3) is 0 Å². The van der Waals surface area contributed by atoms with E-state index in [1.54, 1.807) is 0 Å². The van der Waals surface area contributed by atoms with Crippen LogP contribution in [0.1, 0.15) is 113 Å². The summed E-state index contributed by atoms with van der Waals surface area (Å²) < 4.78 is 8.65. The van der Waals surface area contributed by atoms with E-state index in [-0.39, 0.29) is 26.3 Å². The second-order valence-corrected chi connectivity index (χ2v) is 15.1. The van der Waals surface area contributed by atoms with Gasteiger partial charge >= 0.3 is 20.1 Å². The maximum atomic E-state index is 6.43. The second-order valence-electron chi connectivity index (χ2n) is 15.1. The van der Waals surface area contributed by atoms with Crippen molar-refractivity contribution in [3.8, 4) is 17.1 Å². The van der Waals surface area contributed by atoms with Gasteiger partial charge in [-0.1, -0.05) is 91.8 Å². The standard InChI is InChI=1S/C27H26N2O.C21H23N2.Ir/c1-17(2)21-16-22-20-12-8-9-13-23(20)30-26(22)24(18(3)4)25(21)29-15-14-28-27(29)19-10-6-5-7-11-19;1-15(2)18-11-8-12-19(16(3)4)20(18)23-14-13-22-21(23)17-9-6-5-7-10-17;/h5-10,12-18,27H,1-4H3;5-9,11-16H,1-4H3;/q-2;-1;+3. The Kier molecular flexibility index (Phi) is 12.0. The molecule has 8 rings (SSSR count). The Hall–Kier alpha value is -4.90. The first-order valence-corrected chi connectivity index (χ1v) is 18.9. The molecule has 6 heteroatoms. The van der Waals surface area contributed by atoms with Crippen LogP contribution in [0.2, 0.25) is 0 Å². The number of rotatable bonds is 8. The minimum absolute atomic E-state index is 0. The van der Waals surface area contributed by atoms with Crippen molar-refractivity contribution in [2.24, 2.45) is 0 Å². The molecule has 7 aromatic rings. The first-order chi connectivity index (χ1) is 25.7. The molecule has 1 atom stereocenters. The minimum atomic E-state index is -0.108. The molecule has 5 aromatic carbocycles. The molecule has 0 fully saturated rings. The smallest absolute Gasteiger partial charge is 0.668 e. The Balaban J connectivity index is 0.000000187. The number of benzene rings is 5. The Bertz CT molecular complexity index is 2330. The number of aromatic nitrogens is 2. The average Bonchev–Trinajstić information content (AvgIpc) is 3.93. The summed E-state index contributed by atoms with van der Waals surface area (Å²) in [5, 5.41) is 7.15. The third-order valence-corrected chi connectivity index (χ3v) is 10.1. The summed E-state index contributed by atoms with van der Waals surface area (Å²) in [6, 6.07) is 40.0. The Morgan fingerprint density at radius 2 is 1.35 bits per heavy atom. The van der Waals surface area contributed by atoms with Gasteiger partial charge in [0.1, 0.15) is 11.2 Å². The summed E-state index contributed by atoms with van der Waals surface area (Å²) in [5.74, 6) is 2.53. The predicted octanol–water partition coefficient (Wildman–Crippen LogP) is 13.6. The monoisotopic (exact) mass is 890 g/mol. The van der Waals surface area contributed by atoms with Crippen LogP contribution < -0.4 is 4.90 Å². The number of imidazole rings is 1. The van der Waals surface area contributed by atoms with Crippen LogP contribution in [0.15, 0.2) is 126 Å². The van der Waals surface area contributed by atoms with E-state index < -0.39 is 0 Å². The van der Waals surface area contributed by atoms with Crippen LogP contribution in [-0.4, -0.2) is 9.55 Å². The van der Waals surface area contributed by atoms with Gasteiger partial charge in [-0.3, -0.25) is 4.98 Å². The van der Waals surface area contributed by atoms with Crippen molar-refractivity contribution in [1.29, 1.82) is 0 Å². The van der Waals surface area contributed by atoms with Crippen LogP contribution in [0.4, 0.5) is 5.69 Å². The number of nitrogens with zero attached hydrogens (tertiary/aromatic N) is 4. The van der Waals surface area contributed by atoms with E-state index in [0.717, 1.165) is 28.1 Å². The van der Waals surface area contributed by atoms with Gasteiger partial charge in [0, 0.05) is 34.4 Å². The van der Waals surface area contributed by atoms with Crippen LogP contribution in [0.5, 0.6) is 0 Å². The largest absolute Gasteiger partial charge is 3.00 e. The molecule has 0 aliphatic carbocycles. The van der Waals surface area contributed by atoms with Crippen molar-refractivity contribution in [1.82, 2.24) is 9.55 Å².